The minimum absolute atomic E-state index is 0.333. The second-order valence-electron chi connectivity index (χ2n) is 6.07. The summed E-state index contributed by atoms with van der Waals surface area (Å²) in [5.74, 6) is -0.348. The molecule has 0 bridgehead atoms. The highest BCUT2D eigenvalue weighted by Crippen LogP contribution is 2.18. The second kappa shape index (κ2) is 10.3. The van der Waals surface area contributed by atoms with Crippen LogP contribution in [0.25, 0.3) is 0 Å². The Morgan fingerprint density at radius 2 is 2.27 bits per heavy atom. The Labute approximate surface area is 155 Å². The van der Waals surface area contributed by atoms with Crippen LogP contribution in [0.4, 0.5) is 4.39 Å². The summed E-state index contributed by atoms with van der Waals surface area (Å²) in [6.45, 7) is 7.56. The highest BCUT2D eigenvalue weighted by atomic mass is 19.1. The molecule has 2 rings (SSSR count). The molecule has 1 aromatic carbocycles. The molecule has 0 spiro atoms. The van der Waals surface area contributed by atoms with Gasteiger partial charge in [0.15, 0.2) is 0 Å². The summed E-state index contributed by atoms with van der Waals surface area (Å²) in [5, 5.41) is 12.1. The van der Waals surface area contributed by atoms with Crippen LogP contribution in [0.2, 0.25) is 0 Å². The van der Waals surface area contributed by atoms with Gasteiger partial charge in [0.1, 0.15) is 5.82 Å². The Morgan fingerprint density at radius 1 is 1.42 bits per heavy atom. The van der Waals surface area contributed by atoms with E-state index in [2.05, 4.69) is 42.2 Å². The van der Waals surface area contributed by atoms with E-state index in [0.29, 0.717) is 24.0 Å². The van der Waals surface area contributed by atoms with Crippen LogP contribution in [-0.4, -0.2) is 19.8 Å². The number of likely N-dealkylation sites (N-methyl/N-ethyl adjacent to an activating group) is 1. The first kappa shape index (κ1) is 19.6. The largest absolute Gasteiger partial charge is 0.313 e. The number of aryl methyl sites for hydroxylation is 1. The molecule has 0 saturated heterocycles. The molecule has 3 nitrogen and oxygen atoms in total. The first-order valence-electron chi connectivity index (χ1n) is 8.79. The van der Waals surface area contributed by atoms with E-state index in [1.807, 2.05) is 18.2 Å². The van der Waals surface area contributed by atoms with E-state index >= 15 is 0 Å². The number of nitrogens with zero attached hydrogens (tertiary/aromatic N) is 2. The van der Waals surface area contributed by atoms with Gasteiger partial charge in [0.05, 0.1) is 11.6 Å². The van der Waals surface area contributed by atoms with Gasteiger partial charge in [-0.05, 0) is 67.4 Å². The Morgan fingerprint density at radius 3 is 2.88 bits per heavy atom. The predicted molar refractivity (Wildman–Crippen MR) is 106 cm³/mol. The van der Waals surface area contributed by atoms with Crippen molar-refractivity contribution < 1.29 is 4.39 Å². The van der Waals surface area contributed by atoms with E-state index < -0.39 is 0 Å². The van der Waals surface area contributed by atoms with Crippen molar-refractivity contribution in [1.29, 1.82) is 5.26 Å². The summed E-state index contributed by atoms with van der Waals surface area (Å²) >= 11 is 0. The van der Waals surface area contributed by atoms with Gasteiger partial charge in [-0.15, -0.1) is 0 Å². The minimum atomic E-state index is -0.348. The molecule has 0 saturated carbocycles. The zero-order valence-electron chi connectivity index (χ0n) is 15.1. The smallest absolute Gasteiger partial charge is 0.127 e. The zero-order chi connectivity index (χ0) is 18.8. The number of hydrogen-bond acceptors (Lipinski definition) is 3. The SMILES string of the molecule is C=N/C(=C\C=C1\C=CC(CNCC)=CC1)CCc1ccc(C#N)cc1F. The topological polar surface area (TPSA) is 48.2 Å². The first-order chi connectivity index (χ1) is 12.7. The molecular weight excluding hydrogens is 325 g/mol. The number of benzene rings is 1. The molecule has 0 fully saturated rings. The van der Waals surface area contributed by atoms with Gasteiger partial charge in [-0.2, -0.15) is 5.26 Å². The average Bonchev–Trinajstić information content (AvgIpc) is 2.68. The lowest BCUT2D eigenvalue weighted by Gasteiger charge is -2.09. The molecule has 4 heteroatoms. The Balaban J connectivity index is 1.95. The molecule has 0 unspecified atom stereocenters. The quantitative estimate of drug-likeness (QED) is 0.695. The maximum atomic E-state index is 13.9. The molecule has 0 aromatic heterocycles. The Hall–Kier alpha value is -2.77. The summed E-state index contributed by atoms with van der Waals surface area (Å²) in [4.78, 5) is 4.05. The molecule has 1 aliphatic carbocycles. The molecule has 0 aliphatic heterocycles. The fourth-order valence-electron chi connectivity index (χ4n) is 2.62. The number of halogens is 1. The van der Waals surface area contributed by atoms with E-state index in [1.165, 1.54) is 17.2 Å². The van der Waals surface area contributed by atoms with Crippen molar-refractivity contribution >= 4 is 6.72 Å². The number of allylic oxidation sites excluding steroid dienone is 6. The van der Waals surface area contributed by atoms with Crippen molar-refractivity contribution in [2.45, 2.75) is 26.2 Å². The number of rotatable bonds is 8. The Kier molecular flexibility index (Phi) is 7.73. The van der Waals surface area contributed by atoms with Crippen molar-refractivity contribution in [2.24, 2.45) is 4.99 Å². The number of aliphatic imine (C=N–C) groups is 1. The van der Waals surface area contributed by atoms with Crippen LogP contribution in [0.5, 0.6) is 0 Å². The van der Waals surface area contributed by atoms with E-state index in [9.17, 15) is 4.39 Å². The van der Waals surface area contributed by atoms with Gasteiger partial charge in [0.25, 0.3) is 0 Å². The fourth-order valence-corrected chi connectivity index (χ4v) is 2.62. The lowest BCUT2D eigenvalue weighted by Crippen LogP contribution is -2.15. The van der Waals surface area contributed by atoms with Gasteiger partial charge >= 0.3 is 0 Å². The molecule has 0 amide bonds. The first-order valence-corrected chi connectivity index (χ1v) is 8.79. The third-order valence-corrected chi connectivity index (χ3v) is 4.22. The molecule has 26 heavy (non-hydrogen) atoms. The average molecular weight is 349 g/mol. The van der Waals surface area contributed by atoms with Crippen molar-refractivity contribution in [3.8, 4) is 6.07 Å². The van der Waals surface area contributed by atoms with Crippen molar-refractivity contribution in [2.75, 3.05) is 13.1 Å². The third-order valence-electron chi connectivity index (χ3n) is 4.22. The Bertz CT molecular complexity index is 807. The maximum absolute atomic E-state index is 13.9. The van der Waals surface area contributed by atoms with E-state index in [1.54, 1.807) is 12.1 Å². The van der Waals surface area contributed by atoms with E-state index in [0.717, 1.165) is 25.2 Å². The molecule has 0 heterocycles. The van der Waals surface area contributed by atoms with E-state index in [4.69, 9.17) is 5.26 Å². The minimum Gasteiger partial charge on any atom is -0.313 e. The van der Waals surface area contributed by atoms with Gasteiger partial charge in [-0.1, -0.05) is 37.3 Å². The fraction of sp³-hybridized carbons (Fsp3) is 0.273. The number of nitriles is 1. The van der Waals surface area contributed by atoms with Crippen LogP contribution in [0.15, 0.2) is 70.4 Å². The third kappa shape index (κ3) is 5.94. The summed E-state index contributed by atoms with van der Waals surface area (Å²) in [5.41, 5.74) is 4.23. The van der Waals surface area contributed by atoms with Crippen LogP contribution >= 0.6 is 0 Å². The highest BCUT2D eigenvalue weighted by Gasteiger charge is 2.05. The number of nitrogens with one attached hydrogen (secondary N) is 1. The van der Waals surface area contributed by atoms with Crippen LogP contribution in [0.3, 0.4) is 0 Å². The second-order valence-corrected chi connectivity index (χ2v) is 6.07. The van der Waals surface area contributed by atoms with Crippen molar-refractivity contribution in [1.82, 2.24) is 5.32 Å². The van der Waals surface area contributed by atoms with Gasteiger partial charge < -0.3 is 5.32 Å². The standard InChI is InChI=1S/C22H24FN3/c1-3-26-16-18-6-4-17(5-7-18)9-12-21(25-2)13-11-20-10-8-19(15-24)14-22(20)23/h4,6-10,12,14,26H,2-3,5,11,13,16H2,1H3/b17-9-,21-12-. The van der Waals surface area contributed by atoms with Crippen molar-refractivity contribution in [3.05, 3.63) is 82.4 Å². The summed E-state index contributed by atoms with van der Waals surface area (Å²) in [6.07, 6.45) is 12.4. The van der Waals surface area contributed by atoms with Gasteiger partial charge in [-0.25, -0.2) is 4.39 Å². The molecule has 1 aromatic rings. The lowest BCUT2D eigenvalue weighted by atomic mass is 10.0. The zero-order valence-corrected chi connectivity index (χ0v) is 15.1. The summed E-state index contributed by atoms with van der Waals surface area (Å²) in [6, 6.07) is 6.50. The summed E-state index contributed by atoms with van der Waals surface area (Å²) in [7, 11) is 0. The van der Waals surface area contributed by atoms with Crippen LogP contribution < -0.4 is 5.32 Å². The monoisotopic (exact) mass is 349 g/mol. The van der Waals surface area contributed by atoms with Crippen LogP contribution in [-0.2, 0) is 6.42 Å². The molecule has 0 radical (unpaired) electrons. The van der Waals surface area contributed by atoms with Gasteiger partial charge in [0, 0.05) is 12.2 Å². The number of hydrogen-bond donors (Lipinski definition) is 1. The molecule has 1 N–H and O–H groups in total. The molecule has 1 aliphatic rings. The lowest BCUT2D eigenvalue weighted by molar-refractivity contribution is 0.608. The predicted octanol–water partition coefficient (Wildman–Crippen LogP) is 4.64. The molecular formula is C22H24FN3. The molecule has 134 valence electrons. The van der Waals surface area contributed by atoms with Gasteiger partial charge in [-0.3, -0.25) is 4.99 Å². The maximum Gasteiger partial charge on any atom is 0.127 e. The van der Waals surface area contributed by atoms with E-state index in [-0.39, 0.29) is 5.82 Å². The van der Waals surface area contributed by atoms with Crippen LogP contribution in [0.1, 0.15) is 30.9 Å². The summed E-state index contributed by atoms with van der Waals surface area (Å²) < 4.78 is 13.9. The van der Waals surface area contributed by atoms with Gasteiger partial charge in [0.2, 0.25) is 0 Å². The highest BCUT2D eigenvalue weighted by molar-refractivity contribution is 5.39. The normalized spacial score (nSPS) is 15.7. The van der Waals surface area contributed by atoms with Crippen LogP contribution in [0, 0.1) is 17.1 Å². The molecule has 0 atom stereocenters. The van der Waals surface area contributed by atoms with Crippen molar-refractivity contribution in [3.63, 3.8) is 0 Å².